The van der Waals surface area contributed by atoms with Crippen LogP contribution < -0.4 is 15.3 Å². The van der Waals surface area contributed by atoms with Crippen LogP contribution in [0.4, 0.5) is 21.6 Å². The number of hydrogen-bond acceptors (Lipinski definition) is 4. The summed E-state index contributed by atoms with van der Waals surface area (Å²) in [6, 6.07) is 41.3. The average Bonchev–Trinajstić information content (AvgIpc) is 3.77. The van der Waals surface area contributed by atoms with Gasteiger partial charge in [-0.3, -0.25) is 4.98 Å². The summed E-state index contributed by atoms with van der Waals surface area (Å²) in [5.41, 5.74) is 6.18. The largest absolute Gasteiger partial charge is 2.00 e. The first kappa shape index (κ1) is 30.0. The molecule has 1 atom stereocenters. The van der Waals surface area contributed by atoms with Gasteiger partial charge in [0.25, 0.3) is 0 Å². The number of para-hydroxylation sites is 2. The molecule has 238 valence electrons. The number of fused-ring (bicyclic) bond motifs is 11. The van der Waals surface area contributed by atoms with E-state index < -0.39 is 14.2 Å². The molecule has 10 rings (SSSR count). The first-order valence-electron chi connectivity index (χ1n) is 16.0. The van der Waals surface area contributed by atoms with E-state index in [9.17, 15) is 0 Å². The van der Waals surface area contributed by atoms with Gasteiger partial charge in [0, 0.05) is 40.6 Å². The third kappa shape index (κ3) is 4.31. The van der Waals surface area contributed by atoms with Gasteiger partial charge in [-0.15, -0.1) is 29.8 Å². The monoisotopic (exact) mass is 744 g/mol. The van der Waals surface area contributed by atoms with E-state index in [2.05, 4.69) is 71.5 Å². The maximum atomic E-state index is 16.7. The van der Waals surface area contributed by atoms with Crippen molar-refractivity contribution in [3.8, 4) is 0 Å². The van der Waals surface area contributed by atoms with Crippen LogP contribution in [-0.4, -0.2) is 22.4 Å². The standard InChI is InChI=1S/C41H27FN4OSi.Pd/c1-48(2)37-15-8-18-43-41(37)46(34-23-31-30-12-4-6-14-35(30)47-36(31)24-38(34)48)27-10-7-9-25(21-27)39(42)26-16-17-28-29-11-3-5-13-33(29)45-20-19-44-40(45)32(28)22-26;/h3-20,23-24,39H,1-2H3;/q-2;+2. The zero-order valence-corrected chi connectivity index (χ0v) is 29.1. The number of furan rings is 1. The molecule has 49 heavy (non-hydrogen) atoms. The Kier molecular flexibility index (Phi) is 6.69. The van der Waals surface area contributed by atoms with Crippen molar-refractivity contribution >= 4 is 84.9 Å². The SMILES string of the molecule is C[Si]1(C)c2cc3oc4ccccc4c3cc2N(c2[c-]c(C(F)c3[c-]c4c(cc3)c3ccccc3n3ccnc43)ccc2)c2ncccc21.[Pd+2]. The van der Waals surface area contributed by atoms with E-state index >= 15 is 4.39 Å². The van der Waals surface area contributed by atoms with E-state index in [1.165, 1.54) is 10.4 Å². The number of halogens is 1. The van der Waals surface area contributed by atoms with E-state index in [4.69, 9.17) is 9.40 Å². The summed E-state index contributed by atoms with van der Waals surface area (Å²) >= 11 is 0. The van der Waals surface area contributed by atoms with Gasteiger partial charge in [-0.25, -0.2) is 9.37 Å². The predicted molar refractivity (Wildman–Crippen MR) is 194 cm³/mol. The number of nitrogens with zero attached hydrogens (tertiary/aromatic N) is 4. The molecule has 0 N–H and O–H groups in total. The summed E-state index contributed by atoms with van der Waals surface area (Å²) in [7, 11) is -2.19. The zero-order chi connectivity index (χ0) is 32.1. The second-order valence-electron chi connectivity index (χ2n) is 13.0. The Bertz CT molecular complexity index is 2770. The number of imidazole rings is 1. The third-order valence-corrected chi connectivity index (χ3v) is 13.4. The van der Waals surface area contributed by atoms with Gasteiger partial charge in [0.1, 0.15) is 31.2 Å². The van der Waals surface area contributed by atoms with Crippen LogP contribution in [0.25, 0.3) is 49.3 Å². The molecule has 5 nitrogen and oxygen atoms in total. The Morgan fingerprint density at radius 1 is 0.714 bits per heavy atom. The van der Waals surface area contributed by atoms with Crippen LogP contribution in [0, 0.1) is 12.1 Å². The van der Waals surface area contributed by atoms with Crippen molar-refractivity contribution in [1.82, 2.24) is 14.4 Å². The van der Waals surface area contributed by atoms with Gasteiger partial charge in [0.05, 0.1) is 5.65 Å². The van der Waals surface area contributed by atoms with Gasteiger partial charge in [0.15, 0.2) is 0 Å². The Labute approximate surface area is 296 Å². The summed E-state index contributed by atoms with van der Waals surface area (Å²) < 4.78 is 25.1. The van der Waals surface area contributed by atoms with Crippen LogP contribution >= 0.6 is 0 Å². The predicted octanol–water partition coefficient (Wildman–Crippen LogP) is 9.20. The fourth-order valence-electron chi connectivity index (χ4n) is 7.58. The summed E-state index contributed by atoms with van der Waals surface area (Å²) in [5, 5.41) is 7.42. The molecule has 0 radical (unpaired) electrons. The second kappa shape index (κ2) is 10.9. The molecule has 0 saturated carbocycles. The number of benzene rings is 5. The minimum atomic E-state index is -2.19. The van der Waals surface area contributed by atoms with E-state index in [-0.39, 0.29) is 20.4 Å². The molecule has 1 aliphatic rings. The maximum Gasteiger partial charge on any atom is 2.00 e. The first-order chi connectivity index (χ1) is 23.5. The molecule has 0 amide bonds. The fraction of sp³-hybridized carbons (Fsp3) is 0.0732. The van der Waals surface area contributed by atoms with Crippen LogP contribution in [0.15, 0.2) is 126 Å². The van der Waals surface area contributed by atoms with E-state index in [1.54, 1.807) is 12.3 Å². The number of aromatic nitrogens is 3. The molecule has 5 heterocycles. The molecule has 0 fully saturated rings. The molecular formula is C41H27FN4OPdSi. The summed E-state index contributed by atoms with van der Waals surface area (Å²) in [4.78, 5) is 11.7. The molecule has 0 aliphatic carbocycles. The normalized spacial score (nSPS) is 14.3. The number of pyridine rings is 2. The van der Waals surface area contributed by atoms with E-state index in [0.29, 0.717) is 11.1 Å². The molecule has 1 unspecified atom stereocenters. The molecule has 5 aromatic carbocycles. The van der Waals surface area contributed by atoms with Crippen LogP contribution in [0.3, 0.4) is 0 Å². The fourth-order valence-corrected chi connectivity index (χ4v) is 10.4. The van der Waals surface area contributed by atoms with Crippen molar-refractivity contribution in [2.75, 3.05) is 4.90 Å². The van der Waals surface area contributed by atoms with Gasteiger partial charge in [-0.2, -0.15) is 18.2 Å². The Hall–Kier alpha value is -5.13. The average molecular weight is 745 g/mol. The van der Waals surface area contributed by atoms with Crippen molar-refractivity contribution in [3.63, 3.8) is 0 Å². The van der Waals surface area contributed by atoms with Crippen LogP contribution in [-0.2, 0) is 20.4 Å². The molecule has 4 aromatic heterocycles. The van der Waals surface area contributed by atoms with Crippen molar-refractivity contribution < 1.29 is 29.2 Å². The number of hydrogen-bond donors (Lipinski definition) is 0. The zero-order valence-electron chi connectivity index (χ0n) is 26.5. The maximum absolute atomic E-state index is 16.7. The van der Waals surface area contributed by atoms with E-state index in [1.807, 2.05) is 77.5 Å². The molecule has 0 spiro atoms. The van der Waals surface area contributed by atoms with Crippen molar-refractivity contribution in [3.05, 3.63) is 145 Å². The van der Waals surface area contributed by atoms with Gasteiger partial charge < -0.3 is 13.7 Å². The molecule has 1 aliphatic heterocycles. The quantitative estimate of drug-likeness (QED) is 0.103. The molecule has 9 aromatic rings. The Morgan fingerprint density at radius 2 is 1.53 bits per heavy atom. The minimum absolute atomic E-state index is 0. The Balaban J connectivity index is 0.00000325. The van der Waals surface area contributed by atoms with Gasteiger partial charge >= 0.3 is 20.4 Å². The summed E-state index contributed by atoms with van der Waals surface area (Å²) in [5.74, 6) is 0.864. The molecule has 0 bridgehead atoms. The number of anilines is 3. The van der Waals surface area contributed by atoms with Crippen LogP contribution in [0.5, 0.6) is 0 Å². The Morgan fingerprint density at radius 3 is 2.43 bits per heavy atom. The van der Waals surface area contributed by atoms with Gasteiger partial charge in [0.2, 0.25) is 0 Å². The third-order valence-electron chi connectivity index (χ3n) is 9.96. The van der Waals surface area contributed by atoms with Crippen molar-refractivity contribution in [2.24, 2.45) is 0 Å². The molecule has 0 saturated heterocycles. The van der Waals surface area contributed by atoms with Gasteiger partial charge in [-0.05, 0) is 46.1 Å². The minimum Gasteiger partial charge on any atom is -0.456 e. The molecular weight excluding hydrogens is 718 g/mol. The summed E-state index contributed by atoms with van der Waals surface area (Å²) in [6.45, 7) is 4.71. The summed E-state index contributed by atoms with van der Waals surface area (Å²) in [6.07, 6.45) is 4.10. The van der Waals surface area contributed by atoms with Crippen molar-refractivity contribution in [1.29, 1.82) is 0 Å². The van der Waals surface area contributed by atoms with Crippen LogP contribution in [0.1, 0.15) is 17.3 Å². The van der Waals surface area contributed by atoms with Crippen molar-refractivity contribution in [2.45, 2.75) is 19.3 Å². The van der Waals surface area contributed by atoms with Crippen LogP contribution in [0.2, 0.25) is 13.1 Å². The van der Waals surface area contributed by atoms with E-state index in [0.717, 1.165) is 66.5 Å². The molecule has 8 heteroatoms. The second-order valence-corrected chi connectivity index (χ2v) is 17.3. The van der Waals surface area contributed by atoms with Gasteiger partial charge in [-0.1, -0.05) is 77.6 Å². The number of rotatable bonds is 3. The smallest absolute Gasteiger partial charge is 0.456 e. The number of alkyl halides is 1. The topological polar surface area (TPSA) is 46.6 Å². The first-order valence-corrected chi connectivity index (χ1v) is 19.0.